The molecule has 0 bridgehead atoms. The molecule has 76 valence electrons. The van der Waals surface area contributed by atoms with E-state index < -0.39 is 5.97 Å². The van der Waals surface area contributed by atoms with Crippen LogP contribution in [0, 0.1) is 0 Å². The van der Waals surface area contributed by atoms with E-state index in [1.807, 2.05) is 18.4 Å². The summed E-state index contributed by atoms with van der Waals surface area (Å²) in [4.78, 5) is 11.6. The molecule has 1 aromatic rings. The molecule has 0 aliphatic heterocycles. The van der Waals surface area contributed by atoms with E-state index in [4.69, 9.17) is 10.2 Å². The average Bonchev–Trinajstić information content (AvgIpc) is 2.16. The molecule has 14 heavy (non-hydrogen) atoms. The first-order chi connectivity index (χ1) is 6.67. The van der Waals surface area contributed by atoms with Crippen molar-refractivity contribution in [2.45, 2.75) is 17.9 Å². The third-order valence-corrected chi connectivity index (χ3v) is 2.65. The van der Waals surface area contributed by atoms with Crippen LogP contribution in [0.25, 0.3) is 0 Å². The van der Waals surface area contributed by atoms with Crippen LogP contribution < -0.4 is 0 Å². The first-order valence-corrected chi connectivity index (χ1v) is 5.38. The Balaban J connectivity index is 3.01. The third-order valence-electron chi connectivity index (χ3n) is 1.93. The molecule has 2 N–H and O–H groups in total. The smallest absolute Gasteiger partial charge is 0.307 e. The number of carbonyl (C=O) groups is 1. The lowest BCUT2D eigenvalue weighted by molar-refractivity contribution is -0.136. The minimum atomic E-state index is -0.877. The molecule has 0 aliphatic carbocycles. The third kappa shape index (κ3) is 2.75. The number of carboxylic acids is 1. The lowest BCUT2D eigenvalue weighted by atomic mass is 10.1. The molecule has 0 spiro atoms. The number of hydrogen-bond acceptors (Lipinski definition) is 3. The minimum absolute atomic E-state index is 0.0374. The first kappa shape index (κ1) is 11.1. The van der Waals surface area contributed by atoms with Gasteiger partial charge in [0.25, 0.3) is 0 Å². The zero-order valence-corrected chi connectivity index (χ0v) is 8.67. The van der Waals surface area contributed by atoms with Crippen LogP contribution in [0.1, 0.15) is 11.1 Å². The molecule has 0 fully saturated rings. The van der Waals surface area contributed by atoms with Gasteiger partial charge in [-0.25, -0.2) is 0 Å². The van der Waals surface area contributed by atoms with Crippen molar-refractivity contribution in [1.82, 2.24) is 0 Å². The molecule has 0 saturated heterocycles. The number of thioether (sulfide) groups is 1. The maximum absolute atomic E-state index is 10.5. The number of aliphatic carboxylic acids is 1. The van der Waals surface area contributed by atoms with E-state index in [-0.39, 0.29) is 13.0 Å². The predicted molar refractivity (Wildman–Crippen MR) is 55.5 cm³/mol. The molecule has 0 unspecified atom stereocenters. The van der Waals surface area contributed by atoms with Crippen molar-refractivity contribution >= 4 is 17.7 Å². The highest BCUT2D eigenvalue weighted by molar-refractivity contribution is 7.98. The fourth-order valence-corrected chi connectivity index (χ4v) is 1.68. The van der Waals surface area contributed by atoms with Crippen LogP contribution in [0.2, 0.25) is 0 Å². The lowest BCUT2D eigenvalue weighted by Crippen LogP contribution is -2.03. The summed E-state index contributed by atoms with van der Waals surface area (Å²) in [5, 5.41) is 17.7. The summed E-state index contributed by atoms with van der Waals surface area (Å²) in [6.07, 6.45) is 1.89. The standard InChI is InChI=1S/C10H12O3S/c1-14-9-3-2-7(6-11)8(4-9)5-10(12)13/h2-4,11H,5-6H2,1H3,(H,12,13). The van der Waals surface area contributed by atoms with E-state index in [0.29, 0.717) is 11.1 Å². The van der Waals surface area contributed by atoms with Gasteiger partial charge < -0.3 is 10.2 Å². The second-order valence-corrected chi connectivity index (χ2v) is 3.74. The molecule has 1 rings (SSSR count). The Bertz CT molecular complexity index is 336. The quantitative estimate of drug-likeness (QED) is 0.743. The van der Waals surface area contributed by atoms with Gasteiger partial charge in [0, 0.05) is 4.90 Å². The summed E-state index contributed by atoms with van der Waals surface area (Å²) >= 11 is 1.55. The second kappa shape index (κ2) is 5.02. The van der Waals surface area contributed by atoms with Gasteiger partial charge in [0.2, 0.25) is 0 Å². The van der Waals surface area contributed by atoms with Crippen molar-refractivity contribution in [3.63, 3.8) is 0 Å². The van der Waals surface area contributed by atoms with Gasteiger partial charge in [0.05, 0.1) is 13.0 Å². The summed E-state index contributed by atoms with van der Waals surface area (Å²) in [6, 6.07) is 5.45. The maximum atomic E-state index is 10.5. The van der Waals surface area contributed by atoms with Crippen LogP contribution in [0.3, 0.4) is 0 Å². The largest absolute Gasteiger partial charge is 0.481 e. The van der Waals surface area contributed by atoms with Crippen LogP contribution in [-0.4, -0.2) is 22.4 Å². The highest BCUT2D eigenvalue weighted by Crippen LogP contribution is 2.20. The fourth-order valence-electron chi connectivity index (χ4n) is 1.21. The van der Waals surface area contributed by atoms with E-state index in [1.165, 1.54) is 0 Å². The zero-order valence-electron chi connectivity index (χ0n) is 7.86. The van der Waals surface area contributed by atoms with Gasteiger partial charge in [-0.2, -0.15) is 0 Å². The summed E-state index contributed by atoms with van der Waals surface area (Å²) in [5.74, 6) is -0.877. The van der Waals surface area contributed by atoms with Crippen molar-refractivity contribution in [2.75, 3.05) is 6.26 Å². The normalized spacial score (nSPS) is 10.1. The molecule has 0 heterocycles. The van der Waals surface area contributed by atoms with Gasteiger partial charge in [-0.05, 0) is 29.5 Å². The van der Waals surface area contributed by atoms with Crippen molar-refractivity contribution in [3.05, 3.63) is 29.3 Å². The zero-order chi connectivity index (χ0) is 10.6. The Labute approximate surface area is 86.8 Å². The minimum Gasteiger partial charge on any atom is -0.481 e. The van der Waals surface area contributed by atoms with Gasteiger partial charge in [-0.1, -0.05) is 6.07 Å². The number of benzene rings is 1. The van der Waals surface area contributed by atoms with E-state index in [2.05, 4.69) is 0 Å². The van der Waals surface area contributed by atoms with Crippen molar-refractivity contribution < 1.29 is 15.0 Å². The fraction of sp³-hybridized carbons (Fsp3) is 0.300. The summed E-state index contributed by atoms with van der Waals surface area (Å²) in [7, 11) is 0. The van der Waals surface area contributed by atoms with Crippen molar-refractivity contribution in [2.24, 2.45) is 0 Å². The molecule has 0 atom stereocenters. The van der Waals surface area contributed by atoms with Gasteiger partial charge in [0.1, 0.15) is 0 Å². The number of rotatable bonds is 4. The van der Waals surface area contributed by atoms with Crippen LogP contribution in [0.5, 0.6) is 0 Å². The van der Waals surface area contributed by atoms with E-state index >= 15 is 0 Å². The number of carboxylic acid groups (broad SMARTS) is 1. The molecule has 1 aromatic carbocycles. The molecule has 4 heteroatoms. The van der Waals surface area contributed by atoms with Crippen LogP contribution >= 0.6 is 11.8 Å². The monoisotopic (exact) mass is 212 g/mol. The molecule has 0 saturated carbocycles. The molecular formula is C10H12O3S. The topological polar surface area (TPSA) is 57.5 Å². The van der Waals surface area contributed by atoms with Gasteiger partial charge in [-0.15, -0.1) is 11.8 Å². The van der Waals surface area contributed by atoms with E-state index in [9.17, 15) is 4.79 Å². The first-order valence-electron chi connectivity index (χ1n) is 4.16. The average molecular weight is 212 g/mol. The summed E-state index contributed by atoms with van der Waals surface area (Å²) in [6.45, 7) is -0.114. The van der Waals surface area contributed by atoms with Crippen LogP contribution in [0.15, 0.2) is 23.1 Å². The van der Waals surface area contributed by atoms with Crippen LogP contribution in [-0.2, 0) is 17.8 Å². The summed E-state index contributed by atoms with van der Waals surface area (Å²) in [5.41, 5.74) is 1.37. The number of hydrogen-bond donors (Lipinski definition) is 2. The Morgan fingerprint density at radius 2 is 2.14 bits per heavy atom. The molecule has 0 amide bonds. The molecule has 0 aliphatic rings. The highest BCUT2D eigenvalue weighted by Gasteiger charge is 2.06. The second-order valence-electron chi connectivity index (χ2n) is 2.86. The summed E-state index contributed by atoms with van der Waals surface area (Å²) < 4.78 is 0. The molecular weight excluding hydrogens is 200 g/mol. The number of aliphatic hydroxyl groups excluding tert-OH is 1. The Kier molecular flexibility index (Phi) is 3.98. The van der Waals surface area contributed by atoms with E-state index in [0.717, 1.165) is 4.90 Å². The van der Waals surface area contributed by atoms with Gasteiger partial charge in [0.15, 0.2) is 0 Å². The van der Waals surface area contributed by atoms with E-state index in [1.54, 1.807) is 17.8 Å². The number of aliphatic hydroxyl groups is 1. The Morgan fingerprint density at radius 1 is 1.43 bits per heavy atom. The SMILES string of the molecule is CSc1ccc(CO)c(CC(=O)O)c1. The molecule has 0 radical (unpaired) electrons. The molecule has 0 aromatic heterocycles. The van der Waals surface area contributed by atoms with Crippen molar-refractivity contribution in [3.8, 4) is 0 Å². The Morgan fingerprint density at radius 3 is 2.64 bits per heavy atom. The highest BCUT2D eigenvalue weighted by atomic mass is 32.2. The lowest BCUT2D eigenvalue weighted by Gasteiger charge is -2.06. The Hall–Kier alpha value is -1.00. The molecule has 3 nitrogen and oxygen atoms in total. The maximum Gasteiger partial charge on any atom is 0.307 e. The van der Waals surface area contributed by atoms with Gasteiger partial charge >= 0.3 is 5.97 Å². The predicted octanol–water partition coefficient (Wildman–Crippen LogP) is 1.53. The van der Waals surface area contributed by atoms with Gasteiger partial charge in [-0.3, -0.25) is 4.79 Å². The van der Waals surface area contributed by atoms with Crippen molar-refractivity contribution in [1.29, 1.82) is 0 Å². The van der Waals surface area contributed by atoms with Crippen LogP contribution in [0.4, 0.5) is 0 Å².